The molecule has 0 bridgehead atoms. The second kappa shape index (κ2) is 8.95. The summed E-state index contributed by atoms with van der Waals surface area (Å²) in [5, 5.41) is 10.5. The van der Waals surface area contributed by atoms with E-state index in [4.69, 9.17) is 20.8 Å². The molecule has 31 heavy (non-hydrogen) atoms. The highest BCUT2D eigenvalue weighted by Gasteiger charge is 2.33. The number of ether oxygens (including phenoxy) is 1. The third kappa shape index (κ3) is 4.74. The molecule has 164 valence electrons. The fraction of sp³-hybridized carbons (Fsp3) is 0.316. The highest BCUT2D eigenvalue weighted by atomic mass is 35.5. The predicted molar refractivity (Wildman–Crippen MR) is 116 cm³/mol. The summed E-state index contributed by atoms with van der Waals surface area (Å²) in [6.45, 7) is 0.490. The zero-order valence-corrected chi connectivity index (χ0v) is 18.8. The van der Waals surface area contributed by atoms with Gasteiger partial charge in [0.15, 0.2) is 0 Å². The van der Waals surface area contributed by atoms with Crippen LogP contribution in [0, 0.1) is 5.92 Å². The van der Waals surface area contributed by atoms with Crippen molar-refractivity contribution in [2.75, 3.05) is 25.5 Å². The van der Waals surface area contributed by atoms with Crippen molar-refractivity contribution in [3.63, 3.8) is 0 Å². The van der Waals surface area contributed by atoms with Gasteiger partial charge in [-0.05, 0) is 43.2 Å². The molecule has 4 rings (SSSR count). The number of sulfonamides is 1. The monoisotopic (exact) mass is 482 g/mol. The molecule has 1 aliphatic rings. The van der Waals surface area contributed by atoms with Crippen molar-refractivity contribution in [3.8, 4) is 17.2 Å². The minimum atomic E-state index is -3.60. The molecule has 1 amide bonds. The highest BCUT2D eigenvalue weighted by Crippen LogP contribution is 2.31. The van der Waals surface area contributed by atoms with Gasteiger partial charge in [0.2, 0.25) is 11.8 Å². The number of nitrogens with zero attached hydrogens (tertiary/aromatic N) is 3. The molecule has 1 aromatic carbocycles. The van der Waals surface area contributed by atoms with E-state index in [0.717, 1.165) is 11.3 Å². The lowest BCUT2D eigenvalue weighted by molar-refractivity contribution is -0.121. The first-order valence-corrected chi connectivity index (χ1v) is 12.0. The van der Waals surface area contributed by atoms with E-state index >= 15 is 0 Å². The van der Waals surface area contributed by atoms with Gasteiger partial charge in [-0.25, -0.2) is 8.42 Å². The number of amides is 1. The largest absolute Gasteiger partial charge is 0.497 e. The first-order valence-electron chi connectivity index (χ1n) is 9.41. The molecule has 2 aromatic heterocycles. The molecule has 0 atom stereocenters. The van der Waals surface area contributed by atoms with E-state index in [1.165, 1.54) is 10.4 Å². The van der Waals surface area contributed by atoms with Crippen molar-refractivity contribution in [2.45, 2.75) is 17.1 Å². The molecule has 12 heteroatoms. The Labute approximate surface area is 188 Å². The maximum absolute atomic E-state index is 12.7. The summed E-state index contributed by atoms with van der Waals surface area (Å²) in [5.74, 6) is 0.264. The van der Waals surface area contributed by atoms with E-state index in [-0.39, 0.29) is 41.0 Å². The van der Waals surface area contributed by atoms with E-state index in [1.54, 1.807) is 37.4 Å². The normalized spacial score (nSPS) is 15.7. The molecular weight excluding hydrogens is 464 g/mol. The van der Waals surface area contributed by atoms with Crippen LogP contribution in [0.3, 0.4) is 0 Å². The smallest absolute Gasteiger partial charge is 0.322 e. The maximum Gasteiger partial charge on any atom is 0.322 e. The van der Waals surface area contributed by atoms with Crippen molar-refractivity contribution in [2.24, 2.45) is 5.92 Å². The summed E-state index contributed by atoms with van der Waals surface area (Å²) in [6, 6.07) is 10.2. The average molecular weight is 483 g/mol. The lowest BCUT2D eigenvalue weighted by atomic mass is 9.97. The molecule has 3 aromatic rings. The van der Waals surface area contributed by atoms with Crippen molar-refractivity contribution in [1.29, 1.82) is 0 Å². The molecule has 1 fully saturated rings. The van der Waals surface area contributed by atoms with Crippen molar-refractivity contribution in [3.05, 3.63) is 40.7 Å². The Morgan fingerprint density at radius 3 is 2.71 bits per heavy atom. The molecule has 0 radical (unpaired) electrons. The van der Waals surface area contributed by atoms with Crippen molar-refractivity contribution < 1.29 is 22.4 Å². The van der Waals surface area contributed by atoms with Gasteiger partial charge in [-0.1, -0.05) is 22.8 Å². The molecule has 1 N–H and O–H groups in total. The average Bonchev–Trinajstić information content (AvgIpc) is 3.43. The number of halogens is 1. The van der Waals surface area contributed by atoms with Crippen LogP contribution in [-0.2, 0) is 14.8 Å². The minimum absolute atomic E-state index is 0.00824. The predicted octanol–water partition coefficient (Wildman–Crippen LogP) is 3.50. The van der Waals surface area contributed by atoms with E-state index < -0.39 is 10.0 Å². The lowest BCUT2D eigenvalue weighted by Gasteiger charge is -2.29. The Balaban J connectivity index is 1.36. The Hall–Kier alpha value is -2.47. The Kier molecular flexibility index (Phi) is 6.28. The lowest BCUT2D eigenvalue weighted by Crippen LogP contribution is -2.41. The molecule has 0 spiro atoms. The molecule has 0 aliphatic carbocycles. The zero-order valence-electron chi connectivity index (χ0n) is 16.4. The highest BCUT2D eigenvalue weighted by molar-refractivity contribution is 7.91. The van der Waals surface area contributed by atoms with E-state index in [9.17, 15) is 13.2 Å². The quantitative estimate of drug-likeness (QED) is 0.571. The molecule has 0 unspecified atom stereocenters. The van der Waals surface area contributed by atoms with Gasteiger partial charge in [-0.3, -0.25) is 10.1 Å². The van der Waals surface area contributed by atoms with E-state index in [2.05, 4.69) is 15.5 Å². The molecule has 1 saturated heterocycles. The molecule has 3 heterocycles. The van der Waals surface area contributed by atoms with Gasteiger partial charge < -0.3 is 9.15 Å². The number of hydrogen-bond donors (Lipinski definition) is 1. The number of piperidine rings is 1. The number of rotatable bonds is 6. The number of methoxy groups -OCH3 is 1. The first-order chi connectivity index (χ1) is 14.9. The number of hydrogen-bond acceptors (Lipinski definition) is 8. The van der Waals surface area contributed by atoms with Crippen LogP contribution < -0.4 is 10.1 Å². The van der Waals surface area contributed by atoms with Crippen LogP contribution in [0.4, 0.5) is 6.01 Å². The van der Waals surface area contributed by atoms with Crippen LogP contribution in [0.5, 0.6) is 5.75 Å². The van der Waals surface area contributed by atoms with Crippen LogP contribution >= 0.6 is 22.9 Å². The Bertz CT molecular complexity index is 1190. The number of carbonyl (C=O) groups excluding carboxylic acids is 1. The Morgan fingerprint density at radius 1 is 1.26 bits per heavy atom. The van der Waals surface area contributed by atoms with Gasteiger partial charge in [0.1, 0.15) is 9.96 Å². The molecule has 0 saturated carbocycles. The number of benzene rings is 1. The summed E-state index contributed by atoms with van der Waals surface area (Å²) >= 11 is 6.88. The number of carbonyl (C=O) groups is 1. The van der Waals surface area contributed by atoms with Crippen LogP contribution in [0.1, 0.15) is 12.8 Å². The van der Waals surface area contributed by atoms with Gasteiger partial charge in [0, 0.05) is 24.6 Å². The molecule has 1 aliphatic heterocycles. The first kappa shape index (κ1) is 21.8. The summed E-state index contributed by atoms with van der Waals surface area (Å²) in [5.41, 5.74) is 0.666. The van der Waals surface area contributed by atoms with Gasteiger partial charge >= 0.3 is 6.01 Å². The van der Waals surface area contributed by atoms with Crippen LogP contribution in [0.2, 0.25) is 4.34 Å². The number of anilines is 1. The molecular formula is C19H19ClN4O5S2. The number of nitrogens with one attached hydrogen (secondary N) is 1. The van der Waals surface area contributed by atoms with Crippen molar-refractivity contribution >= 4 is 44.9 Å². The Morgan fingerprint density at radius 2 is 2.03 bits per heavy atom. The van der Waals surface area contributed by atoms with E-state index in [1.807, 2.05) is 0 Å². The SMILES string of the molecule is COc1cccc(-c2nnc(NC(=O)C3CCN(S(=O)(=O)c4ccc(Cl)s4)CC3)o2)c1. The molecule has 9 nitrogen and oxygen atoms in total. The van der Waals surface area contributed by atoms with Gasteiger partial charge in [0.05, 0.1) is 11.4 Å². The van der Waals surface area contributed by atoms with Crippen LogP contribution in [-0.4, -0.2) is 49.0 Å². The standard InChI is InChI=1S/C19H19ClN4O5S2/c1-28-14-4-2-3-13(11-14)18-22-23-19(29-18)21-17(25)12-7-9-24(10-8-12)31(26,27)16-6-5-15(20)30-16/h2-6,11-12H,7-10H2,1H3,(H,21,23,25). The zero-order chi connectivity index (χ0) is 22.0. The second-order valence-electron chi connectivity index (χ2n) is 6.87. The topological polar surface area (TPSA) is 115 Å². The summed E-state index contributed by atoms with van der Waals surface area (Å²) in [4.78, 5) is 12.6. The fourth-order valence-corrected chi connectivity index (χ4v) is 6.38. The van der Waals surface area contributed by atoms with E-state index in [0.29, 0.717) is 28.5 Å². The third-order valence-electron chi connectivity index (χ3n) is 4.94. The van der Waals surface area contributed by atoms with Crippen LogP contribution in [0.25, 0.3) is 11.5 Å². The van der Waals surface area contributed by atoms with Gasteiger partial charge in [0.25, 0.3) is 10.0 Å². The summed E-state index contributed by atoms with van der Waals surface area (Å²) < 4.78 is 38.1. The van der Waals surface area contributed by atoms with Crippen LogP contribution in [0.15, 0.2) is 45.0 Å². The third-order valence-corrected chi connectivity index (χ3v) is 8.54. The van der Waals surface area contributed by atoms with Gasteiger partial charge in [-0.2, -0.15) is 4.31 Å². The fourth-order valence-electron chi connectivity index (χ4n) is 3.28. The summed E-state index contributed by atoms with van der Waals surface area (Å²) in [6.07, 6.45) is 0.780. The minimum Gasteiger partial charge on any atom is -0.497 e. The number of aromatic nitrogens is 2. The number of thiophene rings is 1. The van der Waals surface area contributed by atoms with Gasteiger partial charge in [-0.15, -0.1) is 16.4 Å². The van der Waals surface area contributed by atoms with Crippen molar-refractivity contribution in [1.82, 2.24) is 14.5 Å². The second-order valence-corrected chi connectivity index (χ2v) is 10.8. The summed E-state index contributed by atoms with van der Waals surface area (Å²) in [7, 11) is -2.04. The maximum atomic E-state index is 12.7.